The van der Waals surface area contributed by atoms with E-state index in [1.807, 2.05) is 37.3 Å². The first-order chi connectivity index (χ1) is 11.5. The van der Waals surface area contributed by atoms with Gasteiger partial charge < -0.3 is 10.4 Å². The van der Waals surface area contributed by atoms with Gasteiger partial charge in [-0.05, 0) is 12.5 Å². The Balaban J connectivity index is 1.86. The Morgan fingerprint density at radius 3 is 2.58 bits per heavy atom. The van der Waals surface area contributed by atoms with E-state index in [9.17, 15) is 20.0 Å². The van der Waals surface area contributed by atoms with Crippen molar-refractivity contribution in [3.63, 3.8) is 0 Å². The van der Waals surface area contributed by atoms with Gasteiger partial charge in [0.1, 0.15) is 0 Å². The zero-order valence-electron chi connectivity index (χ0n) is 13.4. The van der Waals surface area contributed by atoms with E-state index in [-0.39, 0.29) is 23.9 Å². The summed E-state index contributed by atoms with van der Waals surface area (Å²) in [6, 6.07) is 14.8. The van der Waals surface area contributed by atoms with Crippen molar-refractivity contribution in [2.24, 2.45) is 0 Å². The van der Waals surface area contributed by atoms with E-state index >= 15 is 0 Å². The van der Waals surface area contributed by atoms with E-state index in [1.54, 1.807) is 6.07 Å². The van der Waals surface area contributed by atoms with Crippen LogP contribution in [0.3, 0.4) is 0 Å². The molecule has 0 unspecified atom stereocenters. The van der Waals surface area contributed by atoms with Gasteiger partial charge in [0.05, 0.1) is 11.0 Å². The van der Waals surface area contributed by atoms with Crippen molar-refractivity contribution in [3.05, 3.63) is 75.8 Å². The largest absolute Gasteiger partial charge is 0.387 e. The van der Waals surface area contributed by atoms with Crippen LogP contribution in [0.5, 0.6) is 0 Å². The third-order valence-corrected chi connectivity index (χ3v) is 3.81. The fraction of sp³-hybridized carbons (Fsp3) is 0.278. The van der Waals surface area contributed by atoms with Crippen LogP contribution < -0.4 is 5.32 Å². The number of nitro benzene ring substituents is 1. The third-order valence-electron chi connectivity index (χ3n) is 3.81. The minimum Gasteiger partial charge on any atom is -0.387 e. The fourth-order valence-electron chi connectivity index (χ4n) is 2.40. The summed E-state index contributed by atoms with van der Waals surface area (Å²) in [5.41, 5.74) is 1.03. The number of ketones is 1. The Labute approximate surface area is 140 Å². The van der Waals surface area contributed by atoms with Gasteiger partial charge in [0.2, 0.25) is 0 Å². The molecule has 126 valence electrons. The number of benzene rings is 2. The maximum atomic E-state index is 12.1. The second kappa shape index (κ2) is 8.33. The van der Waals surface area contributed by atoms with Crippen LogP contribution in [0, 0.1) is 10.1 Å². The second-order valence-corrected chi connectivity index (χ2v) is 5.58. The van der Waals surface area contributed by atoms with Crippen LogP contribution in [0.25, 0.3) is 0 Å². The van der Waals surface area contributed by atoms with E-state index in [0.29, 0.717) is 12.1 Å². The molecule has 0 spiro atoms. The molecule has 24 heavy (non-hydrogen) atoms. The van der Waals surface area contributed by atoms with Gasteiger partial charge in [-0.3, -0.25) is 14.9 Å². The molecule has 6 heteroatoms. The summed E-state index contributed by atoms with van der Waals surface area (Å²) in [5, 5.41) is 24.1. The number of aliphatic hydroxyl groups excluding tert-OH is 1. The van der Waals surface area contributed by atoms with Crippen molar-refractivity contribution in [3.8, 4) is 0 Å². The Morgan fingerprint density at radius 2 is 1.92 bits per heavy atom. The minimum absolute atomic E-state index is 0.0957. The Morgan fingerprint density at radius 1 is 1.21 bits per heavy atom. The second-order valence-electron chi connectivity index (χ2n) is 5.58. The molecule has 0 aromatic heterocycles. The van der Waals surface area contributed by atoms with Crippen LogP contribution in [0.1, 0.15) is 35.4 Å². The number of nitro groups is 1. The van der Waals surface area contributed by atoms with Gasteiger partial charge >= 0.3 is 0 Å². The van der Waals surface area contributed by atoms with Gasteiger partial charge in [-0.2, -0.15) is 0 Å². The molecule has 0 aliphatic carbocycles. The van der Waals surface area contributed by atoms with E-state index in [2.05, 4.69) is 5.32 Å². The summed E-state index contributed by atoms with van der Waals surface area (Å²) in [7, 11) is 0. The Bertz CT molecular complexity index is 703. The lowest BCUT2D eigenvalue weighted by Gasteiger charge is -2.20. The number of non-ortho nitro benzene ring substituents is 1. The smallest absolute Gasteiger partial charge is 0.270 e. The summed E-state index contributed by atoms with van der Waals surface area (Å²) in [5.74, 6) is -0.174. The molecule has 2 rings (SSSR count). The van der Waals surface area contributed by atoms with Gasteiger partial charge in [-0.25, -0.2) is 0 Å². The normalized spacial score (nSPS) is 13.2. The SMILES string of the molecule is C[C@@H](NCCC(=O)c1cccc([N+](=O)[O-])c1)[C@@H](O)c1ccccc1. The number of hydrogen-bond acceptors (Lipinski definition) is 5. The molecule has 0 amide bonds. The van der Waals surface area contributed by atoms with Crippen LogP contribution in [0.15, 0.2) is 54.6 Å². The molecule has 0 saturated heterocycles. The summed E-state index contributed by atoms with van der Waals surface area (Å²) in [6.07, 6.45) is -0.466. The number of carbonyl (C=O) groups excluding carboxylic acids is 1. The molecule has 0 saturated carbocycles. The molecular formula is C18H20N2O4. The quantitative estimate of drug-likeness (QED) is 0.441. The van der Waals surface area contributed by atoms with Crippen LogP contribution in [0.4, 0.5) is 5.69 Å². The highest BCUT2D eigenvalue weighted by Crippen LogP contribution is 2.17. The monoisotopic (exact) mass is 328 g/mol. The summed E-state index contributed by atoms with van der Waals surface area (Å²) >= 11 is 0. The first-order valence-electron chi connectivity index (χ1n) is 7.73. The van der Waals surface area contributed by atoms with Crippen LogP contribution in [-0.2, 0) is 0 Å². The van der Waals surface area contributed by atoms with Crippen molar-refractivity contribution in [1.29, 1.82) is 0 Å². The summed E-state index contributed by atoms with van der Waals surface area (Å²) in [4.78, 5) is 22.3. The molecule has 2 N–H and O–H groups in total. The Hall–Kier alpha value is -2.57. The van der Waals surface area contributed by atoms with Crippen molar-refractivity contribution in [2.45, 2.75) is 25.5 Å². The molecule has 2 aromatic rings. The highest BCUT2D eigenvalue weighted by Gasteiger charge is 2.16. The molecule has 2 atom stereocenters. The average molecular weight is 328 g/mol. The molecule has 0 heterocycles. The number of rotatable bonds is 8. The highest BCUT2D eigenvalue weighted by atomic mass is 16.6. The maximum Gasteiger partial charge on any atom is 0.270 e. The lowest BCUT2D eigenvalue weighted by atomic mass is 10.0. The lowest BCUT2D eigenvalue weighted by molar-refractivity contribution is -0.384. The first-order valence-corrected chi connectivity index (χ1v) is 7.73. The number of Topliss-reactive ketones (excluding diaryl/α,β-unsaturated/α-hetero) is 1. The predicted octanol–water partition coefficient (Wildman–Crippen LogP) is 2.88. The van der Waals surface area contributed by atoms with Crippen molar-refractivity contribution in [1.82, 2.24) is 5.32 Å². The summed E-state index contributed by atoms with van der Waals surface area (Å²) < 4.78 is 0. The van der Waals surface area contributed by atoms with Gasteiger partial charge in [0.25, 0.3) is 5.69 Å². The lowest BCUT2D eigenvalue weighted by Crippen LogP contribution is -2.33. The minimum atomic E-state index is -0.667. The third kappa shape index (κ3) is 4.71. The topological polar surface area (TPSA) is 92.5 Å². The number of carbonyl (C=O) groups is 1. The zero-order valence-corrected chi connectivity index (χ0v) is 13.4. The maximum absolute atomic E-state index is 12.1. The van der Waals surface area contributed by atoms with Gasteiger partial charge in [-0.15, -0.1) is 0 Å². The van der Waals surface area contributed by atoms with E-state index < -0.39 is 11.0 Å². The van der Waals surface area contributed by atoms with Crippen LogP contribution in [0.2, 0.25) is 0 Å². The van der Waals surface area contributed by atoms with Gasteiger partial charge in [0, 0.05) is 36.7 Å². The van der Waals surface area contributed by atoms with E-state index in [0.717, 1.165) is 5.56 Å². The molecule has 0 aliphatic rings. The van der Waals surface area contributed by atoms with Crippen molar-refractivity contribution < 1.29 is 14.8 Å². The number of hydrogen-bond donors (Lipinski definition) is 2. The molecule has 0 fully saturated rings. The summed E-state index contributed by atoms with van der Waals surface area (Å²) in [6.45, 7) is 2.22. The fourth-order valence-corrected chi connectivity index (χ4v) is 2.40. The first kappa shape index (κ1) is 17.8. The molecule has 6 nitrogen and oxygen atoms in total. The van der Waals surface area contributed by atoms with Crippen LogP contribution in [-0.4, -0.2) is 28.4 Å². The zero-order chi connectivity index (χ0) is 17.5. The molecule has 0 radical (unpaired) electrons. The standard InChI is InChI=1S/C18H20N2O4/c1-13(18(22)14-6-3-2-4-7-14)19-11-10-17(21)15-8-5-9-16(12-15)20(23)24/h2-9,12-13,18-19,22H,10-11H2,1H3/t13-,18-/m1/s1. The van der Waals surface area contributed by atoms with Gasteiger partial charge in [-0.1, -0.05) is 42.5 Å². The predicted molar refractivity (Wildman–Crippen MR) is 90.9 cm³/mol. The average Bonchev–Trinajstić information content (AvgIpc) is 2.61. The molecule has 2 aromatic carbocycles. The van der Waals surface area contributed by atoms with Gasteiger partial charge in [0.15, 0.2) is 5.78 Å². The number of nitrogens with zero attached hydrogens (tertiary/aromatic N) is 1. The van der Waals surface area contributed by atoms with E-state index in [4.69, 9.17) is 0 Å². The Kier molecular flexibility index (Phi) is 6.17. The highest BCUT2D eigenvalue weighted by molar-refractivity contribution is 5.96. The van der Waals surface area contributed by atoms with Crippen molar-refractivity contribution >= 4 is 11.5 Å². The molecular weight excluding hydrogens is 308 g/mol. The number of aliphatic hydroxyl groups is 1. The van der Waals surface area contributed by atoms with E-state index in [1.165, 1.54) is 18.2 Å². The van der Waals surface area contributed by atoms with Crippen molar-refractivity contribution in [2.75, 3.05) is 6.54 Å². The van der Waals surface area contributed by atoms with Crippen LogP contribution >= 0.6 is 0 Å². The molecule has 0 aliphatic heterocycles. The molecule has 0 bridgehead atoms. The number of nitrogens with one attached hydrogen (secondary N) is 1.